The molecule has 1 aromatic carbocycles. The quantitative estimate of drug-likeness (QED) is 0.901. The molecular formula is C18H23N3O2. The van der Waals surface area contributed by atoms with Crippen LogP contribution in [0.4, 0.5) is 5.69 Å². The summed E-state index contributed by atoms with van der Waals surface area (Å²) in [5.74, 6) is 0.637. The smallest absolute Gasteiger partial charge is 0.240 e. The molecule has 2 amide bonds. The van der Waals surface area contributed by atoms with Gasteiger partial charge in [0.05, 0.1) is 5.71 Å². The molecule has 2 aliphatic rings. The van der Waals surface area contributed by atoms with Gasteiger partial charge in [-0.15, -0.1) is 0 Å². The minimum atomic E-state index is -0.0497. The van der Waals surface area contributed by atoms with E-state index >= 15 is 0 Å². The Morgan fingerprint density at radius 1 is 1.26 bits per heavy atom. The molecule has 1 unspecified atom stereocenters. The molecule has 1 heterocycles. The van der Waals surface area contributed by atoms with Crippen molar-refractivity contribution in [2.24, 2.45) is 28.3 Å². The predicted molar refractivity (Wildman–Crippen MR) is 90.0 cm³/mol. The highest BCUT2D eigenvalue weighted by atomic mass is 16.2. The van der Waals surface area contributed by atoms with Gasteiger partial charge in [-0.05, 0) is 29.0 Å². The summed E-state index contributed by atoms with van der Waals surface area (Å²) < 4.78 is 0. The van der Waals surface area contributed by atoms with Crippen molar-refractivity contribution < 1.29 is 9.59 Å². The molecule has 1 saturated carbocycles. The number of carbonyl (C=O) groups is 2. The van der Waals surface area contributed by atoms with Gasteiger partial charge in [0.2, 0.25) is 11.8 Å². The van der Waals surface area contributed by atoms with Crippen molar-refractivity contribution in [2.45, 2.75) is 34.1 Å². The second-order valence-corrected chi connectivity index (χ2v) is 7.29. The Bertz CT molecular complexity index is 676. The summed E-state index contributed by atoms with van der Waals surface area (Å²) >= 11 is 0. The van der Waals surface area contributed by atoms with Crippen LogP contribution in [-0.2, 0) is 9.59 Å². The van der Waals surface area contributed by atoms with Crippen LogP contribution in [0.2, 0.25) is 0 Å². The molecule has 1 aliphatic carbocycles. The topological polar surface area (TPSA) is 70.6 Å². The Balaban J connectivity index is 1.68. The molecule has 3 rings (SSSR count). The van der Waals surface area contributed by atoms with Gasteiger partial charge >= 0.3 is 0 Å². The SMILES string of the molecule is CC1CC(=O)NN=C1c1ccc(NC(=O)[C@H]2[C@H](C)C2(C)C)cc1. The third-order valence-electron chi connectivity index (χ3n) is 5.36. The highest BCUT2D eigenvalue weighted by molar-refractivity contribution is 6.06. The molecule has 1 aliphatic heterocycles. The van der Waals surface area contributed by atoms with Crippen molar-refractivity contribution in [3.8, 4) is 0 Å². The molecule has 5 nitrogen and oxygen atoms in total. The van der Waals surface area contributed by atoms with Crippen molar-refractivity contribution in [2.75, 3.05) is 5.32 Å². The fourth-order valence-electron chi connectivity index (χ4n) is 3.41. The number of amides is 2. The summed E-state index contributed by atoms with van der Waals surface area (Å²) in [5.41, 5.74) is 5.25. The van der Waals surface area contributed by atoms with Crippen molar-refractivity contribution in [1.29, 1.82) is 0 Å². The standard InChI is InChI=1S/C18H23N3O2/c1-10-9-14(22)20-21-16(10)12-5-7-13(8-6-12)19-17(23)15-11(2)18(15,3)4/h5-8,10-11,15H,9H2,1-4H3,(H,19,23)(H,20,22)/t10?,11-,15+/m0/s1. The Morgan fingerprint density at radius 2 is 1.87 bits per heavy atom. The number of anilines is 1. The highest BCUT2D eigenvalue weighted by Gasteiger charge is 2.58. The van der Waals surface area contributed by atoms with Crippen LogP contribution in [0.15, 0.2) is 29.4 Å². The molecule has 23 heavy (non-hydrogen) atoms. The van der Waals surface area contributed by atoms with E-state index in [9.17, 15) is 9.59 Å². The van der Waals surface area contributed by atoms with E-state index < -0.39 is 0 Å². The highest BCUT2D eigenvalue weighted by Crippen LogP contribution is 2.58. The summed E-state index contributed by atoms with van der Waals surface area (Å²) in [6.07, 6.45) is 0.450. The average Bonchev–Trinajstić information content (AvgIpc) is 2.98. The van der Waals surface area contributed by atoms with Crippen LogP contribution < -0.4 is 10.7 Å². The van der Waals surface area contributed by atoms with Crippen LogP contribution in [0, 0.1) is 23.2 Å². The van der Waals surface area contributed by atoms with E-state index in [1.165, 1.54) is 0 Å². The molecule has 0 spiro atoms. The second kappa shape index (κ2) is 5.48. The van der Waals surface area contributed by atoms with Crippen LogP contribution in [0.1, 0.15) is 39.7 Å². The summed E-state index contributed by atoms with van der Waals surface area (Å²) in [7, 11) is 0. The molecule has 1 aromatic rings. The van der Waals surface area contributed by atoms with E-state index in [1.807, 2.05) is 31.2 Å². The molecule has 3 atom stereocenters. The number of nitrogens with zero attached hydrogens (tertiary/aromatic N) is 1. The van der Waals surface area contributed by atoms with Gasteiger partial charge in [-0.25, -0.2) is 5.43 Å². The number of hydrogen-bond donors (Lipinski definition) is 2. The zero-order valence-electron chi connectivity index (χ0n) is 14.0. The Hall–Kier alpha value is -2.17. The number of rotatable bonds is 3. The van der Waals surface area contributed by atoms with Gasteiger partial charge in [-0.2, -0.15) is 5.10 Å². The zero-order valence-corrected chi connectivity index (χ0v) is 14.0. The fourth-order valence-corrected chi connectivity index (χ4v) is 3.41. The average molecular weight is 313 g/mol. The zero-order chi connectivity index (χ0) is 16.8. The van der Waals surface area contributed by atoms with Crippen molar-refractivity contribution in [1.82, 2.24) is 5.43 Å². The van der Waals surface area contributed by atoms with E-state index in [1.54, 1.807) is 0 Å². The Morgan fingerprint density at radius 3 is 2.39 bits per heavy atom. The van der Waals surface area contributed by atoms with Crippen LogP contribution in [0.25, 0.3) is 0 Å². The normalized spacial score (nSPS) is 28.6. The van der Waals surface area contributed by atoms with Crippen molar-refractivity contribution >= 4 is 23.2 Å². The van der Waals surface area contributed by atoms with Crippen LogP contribution >= 0.6 is 0 Å². The van der Waals surface area contributed by atoms with E-state index in [-0.39, 0.29) is 29.1 Å². The molecule has 122 valence electrons. The molecular weight excluding hydrogens is 290 g/mol. The lowest BCUT2D eigenvalue weighted by Gasteiger charge is -2.19. The van der Waals surface area contributed by atoms with Crippen LogP contribution in [0.3, 0.4) is 0 Å². The van der Waals surface area contributed by atoms with E-state index in [0.717, 1.165) is 17.0 Å². The minimum absolute atomic E-state index is 0.0497. The first-order chi connectivity index (χ1) is 10.8. The molecule has 0 bridgehead atoms. The Labute approximate surface area is 136 Å². The fraction of sp³-hybridized carbons (Fsp3) is 0.500. The van der Waals surface area contributed by atoms with Gasteiger partial charge in [0.1, 0.15) is 0 Å². The van der Waals surface area contributed by atoms with E-state index in [4.69, 9.17) is 0 Å². The predicted octanol–water partition coefficient (Wildman–Crippen LogP) is 2.78. The van der Waals surface area contributed by atoms with Gasteiger partial charge in [0, 0.05) is 23.9 Å². The second-order valence-electron chi connectivity index (χ2n) is 7.29. The number of carbonyl (C=O) groups excluding carboxylic acids is 2. The lowest BCUT2D eigenvalue weighted by atomic mass is 9.94. The third-order valence-corrected chi connectivity index (χ3v) is 5.36. The molecule has 0 saturated heterocycles. The summed E-state index contributed by atoms with van der Waals surface area (Å²) in [5, 5.41) is 7.14. The molecule has 5 heteroatoms. The summed E-state index contributed by atoms with van der Waals surface area (Å²) in [6.45, 7) is 8.36. The van der Waals surface area contributed by atoms with Gasteiger partial charge in [-0.3, -0.25) is 9.59 Å². The maximum Gasteiger partial charge on any atom is 0.240 e. The van der Waals surface area contributed by atoms with Gasteiger partial charge in [-0.1, -0.05) is 39.8 Å². The number of benzene rings is 1. The summed E-state index contributed by atoms with van der Waals surface area (Å²) in [6, 6.07) is 7.64. The maximum absolute atomic E-state index is 12.3. The van der Waals surface area contributed by atoms with Gasteiger partial charge in [0.25, 0.3) is 0 Å². The largest absolute Gasteiger partial charge is 0.326 e. The molecule has 0 aromatic heterocycles. The first-order valence-corrected chi connectivity index (χ1v) is 8.08. The molecule has 0 radical (unpaired) electrons. The third kappa shape index (κ3) is 2.87. The molecule has 1 fully saturated rings. The van der Waals surface area contributed by atoms with Crippen LogP contribution in [0.5, 0.6) is 0 Å². The minimum Gasteiger partial charge on any atom is -0.326 e. The van der Waals surface area contributed by atoms with Crippen molar-refractivity contribution in [3.05, 3.63) is 29.8 Å². The maximum atomic E-state index is 12.3. The van der Waals surface area contributed by atoms with Gasteiger partial charge < -0.3 is 5.32 Å². The van der Waals surface area contributed by atoms with Gasteiger partial charge in [0.15, 0.2) is 0 Å². The van der Waals surface area contributed by atoms with E-state index in [2.05, 4.69) is 36.6 Å². The lowest BCUT2D eigenvalue weighted by molar-refractivity contribution is -0.122. The first kappa shape index (κ1) is 15.7. The lowest BCUT2D eigenvalue weighted by Crippen LogP contribution is -2.31. The first-order valence-electron chi connectivity index (χ1n) is 8.08. The Kier molecular flexibility index (Phi) is 3.74. The monoisotopic (exact) mass is 313 g/mol. The number of hydrazone groups is 1. The van der Waals surface area contributed by atoms with E-state index in [0.29, 0.717) is 12.3 Å². The molecule has 2 N–H and O–H groups in total. The number of hydrogen-bond acceptors (Lipinski definition) is 3. The number of nitrogens with one attached hydrogen (secondary N) is 2. The van der Waals surface area contributed by atoms with Crippen molar-refractivity contribution in [3.63, 3.8) is 0 Å². The summed E-state index contributed by atoms with van der Waals surface area (Å²) in [4.78, 5) is 23.6. The van der Waals surface area contributed by atoms with Crippen LogP contribution in [-0.4, -0.2) is 17.5 Å².